The molecule has 2 nitrogen and oxygen atoms in total. The molecule has 0 saturated carbocycles. The number of ether oxygens (including phenoxy) is 1. The van der Waals surface area contributed by atoms with Crippen LogP contribution in [-0.4, -0.2) is 12.6 Å². The van der Waals surface area contributed by atoms with Gasteiger partial charge in [0.25, 0.3) is 0 Å². The smallest absolute Gasteiger partial charge is 0.348 e. The minimum Gasteiger partial charge on any atom is -0.462 e. The predicted octanol–water partition coefficient (Wildman–Crippen LogP) is 0.926. The number of carbonyl (C=O) groups is 1. The number of thiophene rings is 1. The molecule has 0 aromatic carbocycles. The number of carbonyl (C=O) groups excluding carboxylic acids is 1. The van der Waals surface area contributed by atoms with Gasteiger partial charge in [-0.15, -0.1) is 20.6 Å². The SMILES string of the molecule is CCOC(=O)c1cc(P)c(P)s1. The third-order valence-electron chi connectivity index (χ3n) is 1.27. The van der Waals surface area contributed by atoms with Crippen molar-refractivity contribution in [2.24, 2.45) is 0 Å². The van der Waals surface area contributed by atoms with Gasteiger partial charge in [0.15, 0.2) is 0 Å². The molecule has 0 saturated heterocycles. The summed E-state index contributed by atoms with van der Waals surface area (Å²) < 4.78 is 5.91. The molecule has 0 spiro atoms. The van der Waals surface area contributed by atoms with Gasteiger partial charge in [-0.25, -0.2) is 4.79 Å². The van der Waals surface area contributed by atoms with Crippen molar-refractivity contribution in [3.05, 3.63) is 10.9 Å². The van der Waals surface area contributed by atoms with Crippen LogP contribution in [0.2, 0.25) is 0 Å². The van der Waals surface area contributed by atoms with Gasteiger partial charge in [-0.2, -0.15) is 0 Å². The summed E-state index contributed by atoms with van der Waals surface area (Å²) in [5.74, 6) is -0.236. The summed E-state index contributed by atoms with van der Waals surface area (Å²) in [5, 5.41) is 1.04. The van der Waals surface area contributed by atoms with E-state index < -0.39 is 0 Å². The molecule has 1 heterocycles. The highest BCUT2D eigenvalue weighted by atomic mass is 32.1. The fourth-order valence-electron chi connectivity index (χ4n) is 0.722. The van der Waals surface area contributed by atoms with Crippen LogP contribution in [0.3, 0.4) is 0 Å². The molecule has 0 N–H and O–H groups in total. The predicted molar refractivity (Wildman–Crippen MR) is 59.0 cm³/mol. The molecule has 0 aliphatic carbocycles. The Labute approximate surface area is 80.1 Å². The highest BCUT2D eigenvalue weighted by Gasteiger charge is 2.10. The second-order valence-electron chi connectivity index (χ2n) is 2.15. The fourth-order valence-corrected chi connectivity index (χ4v) is 2.39. The Bertz CT molecular complexity index is 276. The van der Waals surface area contributed by atoms with E-state index in [1.54, 1.807) is 6.92 Å². The molecule has 0 radical (unpaired) electrons. The molecule has 0 aliphatic heterocycles. The van der Waals surface area contributed by atoms with Gasteiger partial charge in [0.05, 0.1) is 6.61 Å². The number of rotatable bonds is 2. The van der Waals surface area contributed by atoms with Crippen LogP contribution in [0.4, 0.5) is 0 Å². The summed E-state index contributed by atoms with van der Waals surface area (Å²) in [6.07, 6.45) is 0. The molecule has 0 fully saturated rings. The van der Waals surface area contributed by atoms with Crippen LogP contribution in [0, 0.1) is 0 Å². The van der Waals surface area contributed by atoms with E-state index >= 15 is 0 Å². The van der Waals surface area contributed by atoms with Gasteiger partial charge in [-0.05, 0) is 18.3 Å². The molecule has 1 rings (SSSR count). The first-order chi connectivity index (χ1) is 5.65. The molecule has 1 aromatic heterocycles. The van der Waals surface area contributed by atoms with Gasteiger partial charge >= 0.3 is 5.97 Å². The van der Waals surface area contributed by atoms with Crippen LogP contribution in [0.1, 0.15) is 16.6 Å². The first-order valence-electron chi connectivity index (χ1n) is 3.47. The second-order valence-corrected chi connectivity index (χ2v) is 4.85. The van der Waals surface area contributed by atoms with Crippen LogP contribution >= 0.6 is 29.8 Å². The Balaban J connectivity index is 2.82. The average Bonchev–Trinajstić information content (AvgIpc) is 2.33. The zero-order chi connectivity index (χ0) is 9.14. The Kier molecular flexibility index (Phi) is 3.64. The van der Waals surface area contributed by atoms with Crippen molar-refractivity contribution in [3.63, 3.8) is 0 Å². The Morgan fingerprint density at radius 3 is 2.75 bits per heavy atom. The Hall–Kier alpha value is 0.0300. The van der Waals surface area contributed by atoms with E-state index in [2.05, 4.69) is 18.5 Å². The maximum absolute atomic E-state index is 11.2. The van der Waals surface area contributed by atoms with E-state index in [1.165, 1.54) is 11.3 Å². The van der Waals surface area contributed by atoms with Crippen molar-refractivity contribution in [1.82, 2.24) is 0 Å². The molecule has 0 amide bonds. The lowest BCUT2D eigenvalue weighted by molar-refractivity contribution is 0.0532. The standard InChI is InChI=1S/C7H10O2P2S/c1-2-9-6(8)5-3-4(10)7(11)12-5/h3H,2,10-11H2,1H3. The summed E-state index contributed by atoms with van der Waals surface area (Å²) in [7, 11) is 5.15. The molecule has 2 atom stereocenters. The maximum atomic E-state index is 11.2. The van der Waals surface area contributed by atoms with Gasteiger partial charge in [-0.3, -0.25) is 0 Å². The van der Waals surface area contributed by atoms with Crippen molar-refractivity contribution >= 4 is 45.7 Å². The van der Waals surface area contributed by atoms with Crippen molar-refractivity contribution in [1.29, 1.82) is 0 Å². The summed E-state index contributed by atoms with van der Waals surface area (Å²) in [4.78, 5) is 11.8. The second kappa shape index (κ2) is 4.32. The molecule has 1 aromatic rings. The summed E-state index contributed by atoms with van der Waals surface area (Å²) in [5.41, 5.74) is 0. The van der Waals surface area contributed by atoms with E-state index in [0.717, 1.165) is 9.92 Å². The van der Waals surface area contributed by atoms with Crippen molar-refractivity contribution in [2.45, 2.75) is 6.92 Å². The van der Waals surface area contributed by atoms with Crippen molar-refractivity contribution in [2.75, 3.05) is 6.61 Å². The third-order valence-corrected chi connectivity index (χ3v) is 3.93. The normalized spacial score (nSPS) is 9.92. The van der Waals surface area contributed by atoms with E-state index in [0.29, 0.717) is 11.5 Å². The summed E-state index contributed by atoms with van der Waals surface area (Å²) in [6, 6.07) is 1.82. The average molecular weight is 220 g/mol. The third kappa shape index (κ3) is 2.26. The Morgan fingerprint density at radius 2 is 2.33 bits per heavy atom. The lowest BCUT2D eigenvalue weighted by Crippen LogP contribution is -2.02. The monoisotopic (exact) mass is 220 g/mol. The van der Waals surface area contributed by atoms with Crippen LogP contribution < -0.4 is 9.92 Å². The molecular formula is C7H10O2P2S. The number of hydrogen-bond donors (Lipinski definition) is 0. The highest BCUT2D eigenvalue weighted by molar-refractivity contribution is 7.48. The lowest BCUT2D eigenvalue weighted by atomic mass is 10.5. The van der Waals surface area contributed by atoms with Crippen LogP contribution in [0.25, 0.3) is 0 Å². The van der Waals surface area contributed by atoms with E-state index in [-0.39, 0.29) is 5.97 Å². The van der Waals surface area contributed by atoms with Gasteiger partial charge in [0, 0.05) is 4.62 Å². The largest absolute Gasteiger partial charge is 0.462 e. The van der Waals surface area contributed by atoms with Gasteiger partial charge in [0.1, 0.15) is 4.88 Å². The minimum absolute atomic E-state index is 0.236. The summed E-state index contributed by atoms with van der Waals surface area (Å²) in [6.45, 7) is 2.23. The molecule has 66 valence electrons. The van der Waals surface area contributed by atoms with Gasteiger partial charge in [-0.1, -0.05) is 9.24 Å². The van der Waals surface area contributed by atoms with Gasteiger partial charge < -0.3 is 4.74 Å². The van der Waals surface area contributed by atoms with E-state index in [9.17, 15) is 4.79 Å². The topological polar surface area (TPSA) is 26.3 Å². The van der Waals surface area contributed by atoms with Crippen LogP contribution in [0.5, 0.6) is 0 Å². The fraction of sp³-hybridized carbons (Fsp3) is 0.286. The van der Waals surface area contributed by atoms with E-state index in [4.69, 9.17) is 4.74 Å². The Morgan fingerprint density at radius 1 is 1.67 bits per heavy atom. The lowest BCUT2D eigenvalue weighted by Gasteiger charge is -1.95. The summed E-state index contributed by atoms with van der Waals surface area (Å²) >= 11 is 1.43. The molecule has 0 aliphatic rings. The maximum Gasteiger partial charge on any atom is 0.348 e. The molecule has 2 unspecified atom stereocenters. The van der Waals surface area contributed by atoms with Crippen molar-refractivity contribution < 1.29 is 9.53 Å². The first-order valence-corrected chi connectivity index (χ1v) is 5.44. The van der Waals surface area contributed by atoms with Crippen LogP contribution in [0.15, 0.2) is 6.07 Å². The quantitative estimate of drug-likeness (QED) is 0.547. The molecule has 0 bridgehead atoms. The zero-order valence-electron chi connectivity index (χ0n) is 6.66. The number of esters is 1. The van der Waals surface area contributed by atoms with E-state index in [1.807, 2.05) is 6.07 Å². The van der Waals surface area contributed by atoms with Crippen LogP contribution in [-0.2, 0) is 4.74 Å². The zero-order valence-corrected chi connectivity index (χ0v) is 9.79. The minimum atomic E-state index is -0.236. The molecular weight excluding hydrogens is 210 g/mol. The van der Waals surface area contributed by atoms with Gasteiger partial charge in [0.2, 0.25) is 0 Å². The highest BCUT2D eigenvalue weighted by Crippen LogP contribution is 2.11. The first kappa shape index (κ1) is 10.1. The molecule has 12 heavy (non-hydrogen) atoms. The number of hydrogen-bond acceptors (Lipinski definition) is 3. The van der Waals surface area contributed by atoms with Crippen molar-refractivity contribution in [3.8, 4) is 0 Å². The molecule has 5 heteroatoms.